The lowest BCUT2D eigenvalue weighted by molar-refractivity contribution is 0.416. The highest BCUT2D eigenvalue weighted by molar-refractivity contribution is 7.19. The molecule has 6 heteroatoms. The number of rotatable bonds is 8. The van der Waals surface area contributed by atoms with Gasteiger partial charge in [-0.1, -0.05) is 214 Å². The van der Waals surface area contributed by atoms with Crippen LogP contribution < -0.4 is 25.5 Å². The first-order valence-electron chi connectivity index (χ1n) is 27.6. The van der Waals surface area contributed by atoms with Crippen molar-refractivity contribution in [3.05, 3.63) is 290 Å². The zero-order valence-corrected chi connectivity index (χ0v) is 45.3. The molecule has 0 saturated carbocycles. The van der Waals surface area contributed by atoms with Gasteiger partial charge in [-0.05, 0) is 93.0 Å². The van der Waals surface area contributed by atoms with Crippen LogP contribution in [0.5, 0.6) is 11.5 Å². The molecule has 5 heterocycles. The zero-order valence-electron chi connectivity index (χ0n) is 44.3. The second-order valence-corrected chi connectivity index (χ2v) is 25.6. The van der Waals surface area contributed by atoms with Crippen LogP contribution in [0.2, 0.25) is 0 Å². The van der Waals surface area contributed by atoms with E-state index in [0.29, 0.717) is 0 Å². The summed E-state index contributed by atoms with van der Waals surface area (Å²) in [6.45, 7) is 4.65. The normalized spacial score (nSPS) is 13.1. The molecule has 16 rings (SSSR count). The minimum Gasteiger partial charge on any atom is -0.455 e. The Labute approximate surface area is 464 Å². The maximum atomic E-state index is 7.23. The molecular weight excluding hydrogens is 989 g/mol. The number of pyridine rings is 1. The van der Waals surface area contributed by atoms with Crippen LogP contribution in [-0.2, 0) is 5.41 Å². The van der Waals surface area contributed by atoms with Crippen molar-refractivity contribution in [2.45, 2.75) is 19.3 Å². The van der Waals surface area contributed by atoms with E-state index in [1.165, 1.54) is 42.5 Å². The number of nitrogens with zero attached hydrogens (tertiary/aromatic N) is 4. The molecule has 5 nitrogen and oxygen atoms in total. The molecule has 11 aromatic carbocycles. The fourth-order valence-electron chi connectivity index (χ4n) is 13.8. The van der Waals surface area contributed by atoms with E-state index >= 15 is 0 Å². The van der Waals surface area contributed by atoms with Crippen LogP contribution in [0.15, 0.2) is 279 Å². The average Bonchev–Trinajstić information content (AvgIpc) is 4.27. The molecule has 0 unspecified atom stereocenters. The molecule has 0 atom stereocenters. The number of fused-ring (bicyclic) bond motifs is 12. The van der Waals surface area contributed by atoms with Crippen molar-refractivity contribution in [3.63, 3.8) is 0 Å². The molecule has 378 valence electrons. The first-order chi connectivity index (χ1) is 39.5. The molecule has 15 aromatic rings. The van der Waals surface area contributed by atoms with E-state index in [-0.39, 0.29) is 5.41 Å². The Balaban J connectivity index is 1.08. The smallest absolute Gasteiger partial charge is 0.179 e. The molecule has 0 radical (unpaired) electrons. The standard InChI is InChI=1S/C74H52N4OSi/c1-74(2)62-35-17-20-40-69(62)79-73-63(74)36-22-39-68(73)78-66-42-41-51(76-64-37-18-15-33-56(64)61-48-75-44-43-67(61)76)46-59(66)60-47-58(71-70(72(60)78)57-34-16-19-38-65(57)77(71)50-24-7-3-8-25-50)49-23-21-32-55(45-49)80(52-26-9-4-10-27-52,53-28-11-5-12-29-53)54-30-13-6-14-31-54/h3-48H,1-2H3. The van der Waals surface area contributed by atoms with Crippen molar-refractivity contribution in [2.75, 3.05) is 0 Å². The van der Waals surface area contributed by atoms with Crippen molar-refractivity contribution in [2.24, 2.45) is 0 Å². The molecule has 0 fully saturated rings. The third kappa shape index (κ3) is 6.60. The Morgan fingerprint density at radius 3 is 1.69 bits per heavy atom. The first-order valence-corrected chi connectivity index (χ1v) is 29.6. The molecule has 0 amide bonds. The van der Waals surface area contributed by atoms with Crippen LogP contribution in [-0.4, -0.2) is 26.8 Å². The Kier molecular flexibility index (Phi) is 10.2. The molecule has 0 aliphatic carbocycles. The van der Waals surface area contributed by atoms with Gasteiger partial charge in [-0.2, -0.15) is 0 Å². The summed E-state index contributed by atoms with van der Waals surface area (Å²) in [5.41, 5.74) is 14.2. The molecule has 1 aliphatic heterocycles. The van der Waals surface area contributed by atoms with Gasteiger partial charge < -0.3 is 18.4 Å². The summed E-state index contributed by atoms with van der Waals surface area (Å²) in [4.78, 5) is 4.62. The molecule has 80 heavy (non-hydrogen) atoms. The van der Waals surface area contributed by atoms with Crippen molar-refractivity contribution in [3.8, 4) is 39.7 Å². The Hall–Kier alpha value is -10.0. The topological polar surface area (TPSA) is 36.9 Å². The quantitative estimate of drug-likeness (QED) is 0.112. The van der Waals surface area contributed by atoms with Gasteiger partial charge in [-0.25, -0.2) is 0 Å². The number of benzene rings is 11. The lowest BCUT2D eigenvalue weighted by Crippen LogP contribution is -2.74. The fraction of sp³-hybridized carbons (Fsp3) is 0.0405. The van der Waals surface area contributed by atoms with Gasteiger partial charge in [0.05, 0.1) is 38.8 Å². The van der Waals surface area contributed by atoms with Gasteiger partial charge in [0, 0.05) is 78.2 Å². The van der Waals surface area contributed by atoms with Gasteiger partial charge in [-0.3, -0.25) is 4.98 Å². The van der Waals surface area contributed by atoms with Crippen LogP contribution in [0.1, 0.15) is 25.0 Å². The predicted molar refractivity (Wildman–Crippen MR) is 335 cm³/mol. The lowest BCUT2D eigenvalue weighted by atomic mass is 9.75. The number of para-hydroxylation sites is 5. The zero-order chi connectivity index (χ0) is 53.1. The largest absolute Gasteiger partial charge is 0.455 e. The fourth-order valence-corrected chi connectivity index (χ4v) is 18.6. The Morgan fingerprint density at radius 1 is 0.388 bits per heavy atom. The van der Waals surface area contributed by atoms with Gasteiger partial charge in [0.15, 0.2) is 13.8 Å². The monoisotopic (exact) mass is 1040 g/mol. The van der Waals surface area contributed by atoms with Crippen LogP contribution in [0, 0.1) is 0 Å². The maximum Gasteiger partial charge on any atom is 0.179 e. The SMILES string of the molecule is CC1(C)c2ccccc2Oc2c(-n3c4ccc(-n5c6ccccc6c6cnccc65)cc4c4cc(-c5cccc([Si](c6ccccc6)(c6ccccc6)c6ccccc6)c5)c5c(c6ccccc6n5-c5ccccc5)c43)cccc21. The summed E-state index contributed by atoms with van der Waals surface area (Å²) in [7, 11) is -2.95. The minimum atomic E-state index is -2.95. The second kappa shape index (κ2) is 17.8. The highest BCUT2D eigenvalue weighted by atomic mass is 28.3. The number of hydrogen-bond donors (Lipinski definition) is 0. The van der Waals surface area contributed by atoms with Gasteiger partial charge in [0.2, 0.25) is 0 Å². The summed E-state index contributed by atoms with van der Waals surface area (Å²) in [6.07, 6.45) is 3.91. The summed E-state index contributed by atoms with van der Waals surface area (Å²) in [5, 5.41) is 12.3. The Bertz CT molecular complexity index is 4790. The molecule has 1 aliphatic rings. The summed E-state index contributed by atoms with van der Waals surface area (Å²) in [5.74, 6) is 1.75. The average molecular weight is 1040 g/mol. The van der Waals surface area contributed by atoms with Crippen LogP contribution >= 0.6 is 0 Å². The van der Waals surface area contributed by atoms with Crippen molar-refractivity contribution in [1.82, 2.24) is 18.7 Å². The molecule has 0 bridgehead atoms. The summed E-state index contributed by atoms with van der Waals surface area (Å²) < 4.78 is 14.7. The summed E-state index contributed by atoms with van der Waals surface area (Å²) >= 11 is 0. The molecule has 4 aromatic heterocycles. The van der Waals surface area contributed by atoms with E-state index < -0.39 is 8.07 Å². The number of hydrogen-bond acceptors (Lipinski definition) is 2. The highest BCUT2D eigenvalue weighted by Gasteiger charge is 2.42. The Morgan fingerprint density at radius 2 is 0.963 bits per heavy atom. The van der Waals surface area contributed by atoms with Crippen LogP contribution in [0.25, 0.3) is 93.6 Å². The first kappa shape index (κ1) is 46.1. The third-order valence-corrected chi connectivity index (χ3v) is 22.1. The van der Waals surface area contributed by atoms with Gasteiger partial charge in [0.25, 0.3) is 0 Å². The van der Waals surface area contributed by atoms with Crippen molar-refractivity contribution < 1.29 is 4.74 Å². The summed E-state index contributed by atoms with van der Waals surface area (Å²) in [6, 6.07) is 98.9. The molecule has 0 saturated heterocycles. The van der Waals surface area contributed by atoms with E-state index in [4.69, 9.17) is 4.74 Å². The number of ether oxygens (including phenoxy) is 1. The second-order valence-electron chi connectivity index (χ2n) is 21.8. The molecular formula is C74H52N4OSi. The predicted octanol–water partition coefficient (Wildman–Crippen LogP) is 15.8. The highest BCUT2D eigenvalue weighted by Crippen LogP contribution is 2.53. The van der Waals surface area contributed by atoms with E-state index in [9.17, 15) is 0 Å². The van der Waals surface area contributed by atoms with Crippen molar-refractivity contribution >= 4 is 94.2 Å². The van der Waals surface area contributed by atoms with E-state index in [1.54, 1.807) is 0 Å². The number of aromatic nitrogens is 4. The minimum absolute atomic E-state index is 0.327. The molecule has 0 N–H and O–H groups in total. The van der Waals surface area contributed by atoms with E-state index in [0.717, 1.165) is 94.5 Å². The van der Waals surface area contributed by atoms with E-state index in [2.05, 4.69) is 299 Å². The van der Waals surface area contributed by atoms with Crippen molar-refractivity contribution in [1.29, 1.82) is 0 Å². The maximum absolute atomic E-state index is 7.23. The van der Waals surface area contributed by atoms with Gasteiger partial charge in [-0.15, -0.1) is 0 Å². The van der Waals surface area contributed by atoms with Gasteiger partial charge >= 0.3 is 0 Å². The van der Waals surface area contributed by atoms with Crippen LogP contribution in [0.4, 0.5) is 0 Å². The third-order valence-electron chi connectivity index (χ3n) is 17.3. The molecule has 0 spiro atoms. The van der Waals surface area contributed by atoms with E-state index in [1.807, 2.05) is 12.4 Å². The van der Waals surface area contributed by atoms with Gasteiger partial charge in [0.1, 0.15) is 5.75 Å². The van der Waals surface area contributed by atoms with Crippen LogP contribution in [0.3, 0.4) is 0 Å². The lowest BCUT2D eigenvalue weighted by Gasteiger charge is -2.35.